The van der Waals surface area contributed by atoms with Gasteiger partial charge in [-0.1, -0.05) is 52.3 Å². The number of hydrogen-bond acceptors (Lipinski definition) is 4. The Morgan fingerprint density at radius 3 is 2.22 bits per heavy atom. The van der Waals surface area contributed by atoms with Crippen molar-refractivity contribution in [3.8, 4) is 0 Å². The first-order valence-electron chi connectivity index (χ1n) is 10.2. The number of aryl methyl sites for hydroxylation is 1. The lowest BCUT2D eigenvalue weighted by atomic mass is 9.95. The molecule has 1 amide bonds. The molecule has 5 nitrogen and oxygen atoms in total. The highest BCUT2D eigenvalue weighted by atomic mass is 79.9. The molecular formula is C26H23BrN2O3. The van der Waals surface area contributed by atoms with Crippen molar-refractivity contribution in [3.05, 3.63) is 99.5 Å². The molecule has 0 aliphatic carbocycles. The normalized spacial score (nSPS) is 17.6. The van der Waals surface area contributed by atoms with Crippen LogP contribution in [0.4, 0.5) is 11.4 Å². The van der Waals surface area contributed by atoms with E-state index in [-0.39, 0.29) is 11.3 Å². The molecule has 0 bridgehead atoms. The first kappa shape index (κ1) is 21.8. The van der Waals surface area contributed by atoms with Crippen LogP contribution < -0.4 is 9.80 Å². The molecule has 1 aliphatic heterocycles. The molecule has 1 N–H and O–H groups in total. The van der Waals surface area contributed by atoms with Crippen LogP contribution in [0.2, 0.25) is 0 Å². The second-order valence-corrected chi connectivity index (χ2v) is 8.92. The zero-order chi connectivity index (χ0) is 23.0. The highest BCUT2D eigenvalue weighted by molar-refractivity contribution is 9.10. The van der Waals surface area contributed by atoms with Gasteiger partial charge >= 0.3 is 0 Å². The maximum absolute atomic E-state index is 13.2. The van der Waals surface area contributed by atoms with E-state index in [9.17, 15) is 14.7 Å². The molecule has 3 aromatic carbocycles. The average Bonchev–Trinajstić information content (AvgIpc) is 3.04. The number of hydrogen-bond donors (Lipinski definition) is 1. The van der Waals surface area contributed by atoms with E-state index in [1.165, 1.54) is 4.90 Å². The molecular weight excluding hydrogens is 468 g/mol. The third kappa shape index (κ3) is 3.94. The van der Waals surface area contributed by atoms with Gasteiger partial charge in [0.1, 0.15) is 5.76 Å². The number of amides is 1. The summed E-state index contributed by atoms with van der Waals surface area (Å²) in [5, 5.41) is 11.1. The van der Waals surface area contributed by atoms with E-state index in [1.807, 2.05) is 68.4 Å². The van der Waals surface area contributed by atoms with Crippen LogP contribution in [0, 0.1) is 6.92 Å². The fourth-order valence-corrected chi connectivity index (χ4v) is 4.17. The van der Waals surface area contributed by atoms with Gasteiger partial charge in [0.25, 0.3) is 11.7 Å². The topological polar surface area (TPSA) is 60.9 Å². The number of carbonyl (C=O) groups excluding carboxylic acids is 2. The van der Waals surface area contributed by atoms with Gasteiger partial charge in [-0.05, 0) is 54.4 Å². The highest BCUT2D eigenvalue weighted by Gasteiger charge is 2.46. The molecule has 0 radical (unpaired) electrons. The van der Waals surface area contributed by atoms with Crippen LogP contribution in [0.15, 0.2) is 82.8 Å². The summed E-state index contributed by atoms with van der Waals surface area (Å²) in [6.07, 6.45) is 0. The molecule has 1 heterocycles. The molecule has 1 fully saturated rings. The first-order chi connectivity index (χ1) is 15.3. The van der Waals surface area contributed by atoms with E-state index in [1.54, 1.807) is 30.3 Å². The van der Waals surface area contributed by atoms with E-state index in [2.05, 4.69) is 15.9 Å². The zero-order valence-electron chi connectivity index (χ0n) is 18.0. The van der Waals surface area contributed by atoms with Crippen molar-refractivity contribution in [1.82, 2.24) is 0 Å². The molecule has 1 unspecified atom stereocenters. The Morgan fingerprint density at radius 1 is 0.969 bits per heavy atom. The minimum absolute atomic E-state index is 0.0800. The SMILES string of the molecule is Cc1cccc(N2C(=O)C(=O)/C(=C(/O)c3ccc(Br)cc3)C2c2ccc(N(C)C)cc2)c1. The molecule has 0 spiro atoms. The number of ketones is 1. The van der Waals surface area contributed by atoms with Gasteiger partial charge in [0.2, 0.25) is 0 Å². The predicted molar refractivity (Wildman–Crippen MR) is 131 cm³/mol. The lowest BCUT2D eigenvalue weighted by molar-refractivity contribution is -0.132. The van der Waals surface area contributed by atoms with E-state index >= 15 is 0 Å². The van der Waals surface area contributed by atoms with Gasteiger partial charge in [-0.15, -0.1) is 0 Å². The molecule has 4 rings (SSSR count). The van der Waals surface area contributed by atoms with Crippen LogP contribution >= 0.6 is 15.9 Å². The lowest BCUT2D eigenvalue weighted by Crippen LogP contribution is -2.29. The fourth-order valence-electron chi connectivity index (χ4n) is 3.91. The van der Waals surface area contributed by atoms with Gasteiger partial charge in [-0.25, -0.2) is 0 Å². The van der Waals surface area contributed by atoms with E-state index < -0.39 is 17.7 Å². The third-order valence-electron chi connectivity index (χ3n) is 5.57. The second kappa shape index (κ2) is 8.63. The maximum Gasteiger partial charge on any atom is 0.300 e. The Labute approximate surface area is 195 Å². The van der Waals surface area contributed by atoms with Gasteiger partial charge in [0.15, 0.2) is 0 Å². The van der Waals surface area contributed by atoms with Gasteiger partial charge in [-0.2, -0.15) is 0 Å². The van der Waals surface area contributed by atoms with E-state index in [0.717, 1.165) is 21.3 Å². The minimum Gasteiger partial charge on any atom is -0.507 e. The van der Waals surface area contributed by atoms with Crippen LogP contribution in [0.1, 0.15) is 22.7 Å². The number of Topliss-reactive ketones (excluding diaryl/α,β-unsaturated/α-hetero) is 1. The van der Waals surface area contributed by atoms with Gasteiger partial charge in [0.05, 0.1) is 11.6 Å². The van der Waals surface area contributed by atoms with Gasteiger partial charge < -0.3 is 10.0 Å². The fraction of sp³-hybridized carbons (Fsp3) is 0.154. The monoisotopic (exact) mass is 490 g/mol. The summed E-state index contributed by atoms with van der Waals surface area (Å²) in [6, 6.07) is 21.4. The Morgan fingerprint density at radius 2 is 1.62 bits per heavy atom. The van der Waals surface area contributed by atoms with Crippen LogP contribution in [-0.4, -0.2) is 30.9 Å². The van der Waals surface area contributed by atoms with Crippen molar-refractivity contribution in [2.45, 2.75) is 13.0 Å². The summed E-state index contributed by atoms with van der Waals surface area (Å²) in [7, 11) is 3.89. The number of benzene rings is 3. The number of anilines is 2. The Kier molecular flexibility index (Phi) is 5.89. The predicted octanol–water partition coefficient (Wildman–Crippen LogP) is 5.45. The number of rotatable bonds is 4. The summed E-state index contributed by atoms with van der Waals surface area (Å²) in [5.74, 6) is -1.54. The quantitative estimate of drug-likeness (QED) is 0.300. The molecule has 1 saturated heterocycles. The summed E-state index contributed by atoms with van der Waals surface area (Å²) < 4.78 is 0.852. The van der Waals surface area contributed by atoms with Crippen LogP contribution in [-0.2, 0) is 9.59 Å². The summed E-state index contributed by atoms with van der Waals surface area (Å²) >= 11 is 3.38. The number of aliphatic hydroxyl groups excluding tert-OH is 1. The Bertz CT molecular complexity index is 1210. The van der Waals surface area contributed by atoms with Crippen LogP contribution in [0.25, 0.3) is 5.76 Å². The molecule has 0 aromatic heterocycles. The minimum atomic E-state index is -0.739. The molecule has 32 heavy (non-hydrogen) atoms. The largest absolute Gasteiger partial charge is 0.507 e. The van der Waals surface area contributed by atoms with Crippen molar-refractivity contribution in [2.75, 3.05) is 23.9 Å². The standard InChI is InChI=1S/C26H23BrN2O3/c1-16-5-4-6-21(15-16)29-23(17-9-13-20(14-10-17)28(2)3)22(25(31)26(29)32)24(30)18-7-11-19(27)12-8-18/h4-15,23,30H,1-3H3/b24-22+. The van der Waals surface area contributed by atoms with E-state index in [4.69, 9.17) is 0 Å². The summed E-state index contributed by atoms with van der Waals surface area (Å²) in [6.45, 7) is 1.93. The van der Waals surface area contributed by atoms with Crippen molar-refractivity contribution in [2.24, 2.45) is 0 Å². The molecule has 6 heteroatoms. The third-order valence-corrected chi connectivity index (χ3v) is 6.10. The summed E-state index contributed by atoms with van der Waals surface area (Å²) in [4.78, 5) is 29.8. The van der Waals surface area contributed by atoms with Crippen molar-refractivity contribution in [3.63, 3.8) is 0 Å². The van der Waals surface area contributed by atoms with E-state index in [0.29, 0.717) is 11.3 Å². The number of halogens is 1. The molecule has 1 aliphatic rings. The molecule has 0 saturated carbocycles. The Hall–Kier alpha value is -3.38. The second-order valence-electron chi connectivity index (χ2n) is 8.00. The first-order valence-corrected chi connectivity index (χ1v) is 11.0. The average molecular weight is 491 g/mol. The number of carbonyl (C=O) groups is 2. The highest BCUT2D eigenvalue weighted by Crippen LogP contribution is 2.42. The van der Waals surface area contributed by atoms with Gasteiger partial charge in [0, 0.05) is 35.5 Å². The van der Waals surface area contributed by atoms with Crippen molar-refractivity contribution < 1.29 is 14.7 Å². The smallest absolute Gasteiger partial charge is 0.300 e. The van der Waals surface area contributed by atoms with Crippen LogP contribution in [0.5, 0.6) is 0 Å². The molecule has 162 valence electrons. The Balaban J connectivity index is 1.93. The molecule has 3 aromatic rings. The van der Waals surface area contributed by atoms with Crippen molar-refractivity contribution >= 4 is 44.8 Å². The maximum atomic E-state index is 13.2. The summed E-state index contributed by atoms with van der Waals surface area (Å²) in [5.41, 5.74) is 3.88. The number of aliphatic hydroxyl groups is 1. The zero-order valence-corrected chi connectivity index (χ0v) is 19.6. The number of nitrogens with zero attached hydrogens (tertiary/aromatic N) is 2. The van der Waals surface area contributed by atoms with Crippen molar-refractivity contribution in [1.29, 1.82) is 0 Å². The van der Waals surface area contributed by atoms with Gasteiger partial charge in [-0.3, -0.25) is 14.5 Å². The molecule has 1 atom stereocenters. The van der Waals surface area contributed by atoms with Crippen LogP contribution in [0.3, 0.4) is 0 Å². The lowest BCUT2D eigenvalue weighted by Gasteiger charge is -2.26.